The molecule has 23 aromatic rings. The van der Waals surface area contributed by atoms with Crippen LogP contribution in [0.3, 0.4) is 0 Å². The Bertz CT molecular complexity index is 7710. The zero-order chi connectivity index (χ0) is 84.3. The van der Waals surface area contributed by atoms with Gasteiger partial charge in [-0.2, -0.15) is 0 Å². The van der Waals surface area contributed by atoms with E-state index in [2.05, 4.69) is 517 Å². The molecule has 0 radical (unpaired) electrons. The molecular weight excluding hydrogens is 1530 g/mol. The SMILES string of the molecule is Cc1ccc2c(-c3ccc(N(c4ccccc4)c4ccc(-n5c6ccc(-c7ccc(-c8ccccc8)cc7)cc6c6cc(-c7ccc(-c8ccccc8)cc7)ccc65)cc4)cc3)c3ccccc3c(-c3ccc(N(c4ccccc4)c4ccc(-n5c6ccc(-c7ccc(-c8ccccc8)cc7)cc6c6cc(-c7ccc(-c8ccccc8)cc7)ccc65)cc4)cc3)c2c1. The third-order valence-corrected chi connectivity index (χ3v) is 25.6. The number of aromatic nitrogens is 2. The van der Waals surface area contributed by atoms with Gasteiger partial charge in [-0.05, 0) is 285 Å². The maximum atomic E-state index is 2.44. The van der Waals surface area contributed by atoms with E-state index in [1.54, 1.807) is 0 Å². The van der Waals surface area contributed by atoms with Gasteiger partial charge in [-0.25, -0.2) is 0 Å². The van der Waals surface area contributed by atoms with Crippen LogP contribution >= 0.6 is 0 Å². The molecule has 0 amide bonds. The van der Waals surface area contributed by atoms with Crippen molar-refractivity contribution in [1.82, 2.24) is 9.13 Å². The fourth-order valence-corrected chi connectivity index (χ4v) is 19.3. The number of hydrogen-bond acceptors (Lipinski definition) is 2. The quantitative estimate of drug-likeness (QED) is 0.0796. The van der Waals surface area contributed by atoms with Gasteiger partial charge in [0.15, 0.2) is 0 Å². The lowest BCUT2D eigenvalue weighted by Gasteiger charge is -2.26. The summed E-state index contributed by atoms with van der Waals surface area (Å²) in [6.07, 6.45) is 0. The monoisotopic (exact) mass is 1620 g/mol. The van der Waals surface area contributed by atoms with Crippen LogP contribution in [0.15, 0.2) is 491 Å². The summed E-state index contributed by atoms with van der Waals surface area (Å²) in [6, 6.07) is 181. The molecule has 0 aliphatic heterocycles. The van der Waals surface area contributed by atoms with Gasteiger partial charge in [0.25, 0.3) is 0 Å². The topological polar surface area (TPSA) is 16.3 Å². The van der Waals surface area contributed by atoms with Gasteiger partial charge < -0.3 is 18.9 Å². The number of rotatable bonds is 18. The van der Waals surface area contributed by atoms with Crippen LogP contribution in [0.1, 0.15) is 5.56 Å². The minimum absolute atomic E-state index is 1.06. The molecule has 0 unspecified atom stereocenters. The lowest BCUT2D eigenvalue weighted by Crippen LogP contribution is -2.10. The van der Waals surface area contributed by atoms with E-state index < -0.39 is 0 Å². The van der Waals surface area contributed by atoms with Gasteiger partial charge in [-0.1, -0.05) is 351 Å². The molecule has 0 spiro atoms. The number of benzene rings is 21. The van der Waals surface area contributed by atoms with Gasteiger partial charge in [0, 0.05) is 67.0 Å². The maximum Gasteiger partial charge on any atom is 0.0541 e. The molecule has 127 heavy (non-hydrogen) atoms. The molecule has 0 aliphatic rings. The summed E-state index contributed by atoms with van der Waals surface area (Å²) >= 11 is 0. The first-order valence-electron chi connectivity index (χ1n) is 43.7. The van der Waals surface area contributed by atoms with E-state index in [-0.39, 0.29) is 0 Å². The molecule has 4 nitrogen and oxygen atoms in total. The Morgan fingerprint density at radius 1 is 0.142 bits per heavy atom. The maximum absolute atomic E-state index is 2.44. The molecule has 0 saturated heterocycles. The van der Waals surface area contributed by atoms with Crippen LogP contribution in [-0.2, 0) is 0 Å². The average Bonchev–Trinajstić information content (AvgIpc) is 1.74. The molecule has 0 bridgehead atoms. The second kappa shape index (κ2) is 32.3. The summed E-state index contributed by atoms with van der Waals surface area (Å²) in [5.41, 5.74) is 38.2. The van der Waals surface area contributed by atoms with Crippen LogP contribution in [0, 0.1) is 6.92 Å². The van der Waals surface area contributed by atoms with Crippen molar-refractivity contribution in [2.24, 2.45) is 0 Å². The van der Waals surface area contributed by atoms with Crippen molar-refractivity contribution in [1.29, 1.82) is 0 Å². The smallest absolute Gasteiger partial charge is 0.0541 e. The highest BCUT2D eigenvalue weighted by atomic mass is 15.1. The first-order valence-corrected chi connectivity index (χ1v) is 43.7. The average molecular weight is 1620 g/mol. The molecule has 4 heteroatoms. The molecular formula is C123H84N4. The zero-order valence-electron chi connectivity index (χ0n) is 70.1. The van der Waals surface area contributed by atoms with E-state index in [0.717, 1.165) is 78.7 Å². The summed E-state index contributed by atoms with van der Waals surface area (Å²) in [5.74, 6) is 0. The van der Waals surface area contributed by atoms with Gasteiger partial charge >= 0.3 is 0 Å². The van der Waals surface area contributed by atoms with E-state index in [4.69, 9.17) is 0 Å². The van der Waals surface area contributed by atoms with E-state index in [9.17, 15) is 0 Å². The highest BCUT2D eigenvalue weighted by molar-refractivity contribution is 6.22. The molecule has 0 aliphatic carbocycles. The van der Waals surface area contributed by atoms with Crippen molar-refractivity contribution in [3.8, 4) is 123 Å². The molecule has 21 aromatic carbocycles. The number of para-hydroxylation sites is 2. The van der Waals surface area contributed by atoms with Gasteiger partial charge in [-0.15, -0.1) is 0 Å². The Balaban J connectivity index is 0.567. The highest BCUT2D eigenvalue weighted by Crippen LogP contribution is 2.49. The summed E-state index contributed by atoms with van der Waals surface area (Å²) in [6.45, 7) is 2.21. The van der Waals surface area contributed by atoms with E-state index in [1.165, 1.54) is 149 Å². The van der Waals surface area contributed by atoms with Gasteiger partial charge in [0.1, 0.15) is 0 Å². The fourth-order valence-electron chi connectivity index (χ4n) is 19.3. The van der Waals surface area contributed by atoms with Gasteiger partial charge in [0.05, 0.1) is 22.1 Å². The van der Waals surface area contributed by atoms with E-state index >= 15 is 0 Å². The van der Waals surface area contributed by atoms with Crippen molar-refractivity contribution in [2.75, 3.05) is 9.80 Å². The second-order valence-electron chi connectivity index (χ2n) is 33.2. The Morgan fingerprint density at radius 2 is 0.346 bits per heavy atom. The first kappa shape index (κ1) is 75.3. The minimum atomic E-state index is 1.06. The summed E-state index contributed by atoms with van der Waals surface area (Å²) in [5, 5.41) is 9.63. The van der Waals surface area contributed by atoms with Crippen LogP contribution in [0.4, 0.5) is 34.1 Å². The van der Waals surface area contributed by atoms with Gasteiger partial charge in [-0.3, -0.25) is 0 Å². The van der Waals surface area contributed by atoms with Crippen LogP contribution in [0.25, 0.3) is 188 Å². The minimum Gasteiger partial charge on any atom is -0.311 e. The van der Waals surface area contributed by atoms with Crippen molar-refractivity contribution in [3.63, 3.8) is 0 Å². The lowest BCUT2D eigenvalue weighted by molar-refractivity contribution is 1.17. The lowest BCUT2D eigenvalue weighted by atomic mass is 9.85. The summed E-state index contributed by atoms with van der Waals surface area (Å²) in [4.78, 5) is 4.75. The molecule has 0 fully saturated rings. The molecule has 2 heterocycles. The molecule has 0 N–H and O–H groups in total. The van der Waals surface area contributed by atoms with Crippen LogP contribution in [-0.4, -0.2) is 9.13 Å². The number of anilines is 6. The number of aryl methyl sites for hydroxylation is 1. The third-order valence-electron chi connectivity index (χ3n) is 25.6. The normalized spacial score (nSPS) is 11.5. The highest BCUT2D eigenvalue weighted by Gasteiger charge is 2.24. The Labute approximate surface area is 739 Å². The van der Waals surface area contributed by atoms with Crippen LogP contribution in [0.5, 0.6) is 0 Å². The van der Waals surface area contributed by atoms with Crippen molar-refractivity contribution < 1.29 is 0 Å². The van der Waals surface area contributed by atoms with Crippen molar-refractivity contribution in [3.05, 3.63) is 497 Å². The van der Waals surface area contributed by atoms with Gasteiger partial charge in [0.2, 0.25) is 0 Å². The predicted molar refractivity (Wildman–Crippen MR) is 539 cm³/mol. The van der Waals surface area contributed by atoms with Crippen molar-refractivity contribution in [2.45, 2.75) is 6.92 Å². The van der Waals surface area contributed by atoms with E-state index in [1.807, 2.05) is 0 Å². The van der Waals surface area contributed by atoms with Crippen LogP contribution in [0.2, 0.25) is 0 Å². The molecule has 23 rings (SSSR count). The van der Waals surface area contributed by atoms with Crippen molar-refractivity contribution >= 4 is 99.3 Å². The Hall–Kier alpha value is -16.7. The summed E-state index contributed by atoms with van der Waals surface area (Å²) < 4.78 is 4.88. The molecule has 0 atom stereocenters. The Kier molecular flexibility index (Phi) is 19.2. The largest absolute Gasteiger partial charge is 0.311 e. The second-order valence-corrected chi connectivity index (χ2v) is 33.2. The number of fused-ring (bicyclic) bond motifs is 8. The standard InChI is InChI=1S/C123H84N4/c1-83-36-73-112-117(78-83)123(97-55-63-105(64-56-97)125(103-32-18-7-19-33-103)107-67-71-109(72-68-107)127-120-76-59-100(94-49-41-90(42-50-94)86-26-12-4-13-27-86)81-115(120)116-82-101(60-77-121(116)127)95-51-43-91(44-52-95)87-28-14-5-15-29-87)111-35-21-20-34-110(111)122(112)96-53-61-104(62-54-96)124(102-30-16-6-17-31-102)106-65-69-108(70-66-106)126-118-74-57-98(92-45-37-88(38-46-92)84-22-8-2-9-23-84)79-113(118)114-80-99(58-75-119(114)126)93-47-39-89(40-48-93)85-24-10-3-11-25-85/h2-82H,1H3. The predicted octanol–water partition coefficient (Wildman–Crippen LogP) is 34.1. The number of nitrogens with zero attached hydrogens (tertiary/aromatic N) is 4. The molecule has 596 valence electrons. The molecule has 2 aromatic heterocycles. The zero-order valence-corrected chi connectivity index (χ0v) is 70.1. The number of hydrogen-bond donors (Lipinski definition) is 0. The Morgan fingerprint density at radius 3 is 0.630 bits per heavy atom. The van der Waals surface area contributed by atoms with Crippen LogP contribution < -0.4 is 9.80 Å². The first-order chi connectivity index (χ1) is 62.9. The summed E-state index contributed by atoms with van der Waals surface area (Å²) in [7, 11) is 0. The van der Waals surface area contributed by atoms with E-state index in [0.29, 0.717) is 0 Å². The molecule has 0 saturated carbocycles. The fraction of sp³-hybridized carbons (Fsp3) is 0.00813. The third kappa shape index (κ3) is 14.1.